The van der Waals surface area contributed by atoms with E-state index in [1.807, 2.05) is 37.3 Å². The number of methoxy groups -OCH3 is 1. The predicted octanol–water partition coefficient (Wildman–Crippen LogP) is 4.84. The number of hydrogen-bond acceptors (Lipinski definition) is 6. The summed E-state index contributed by atoms with van der Waals surface area (Å²) in [5, 5.41) is 7.12. The van der Waals surface area contributed by atoms with Crippen LogP contribution < -0.4 is 20.3 Å². The summed E-state index contributed by atoms with van der Waals surface area (Å²) in [6, 6.07) is 6.49. The zero-order valence-electron chi connectivity index (χ0n) is 17.2. The van der Waals surface area contributed by atoms with E-state index < -0.39 is 0 Å². The Labute approximate surface area is 190 Å². The Hall–Kier alpha value is -1.38. The average molecular weight is 527 g/mol. The summed E-state index contributed by atoms with van der Waals surface area (Å²) in [6.45, 7) is 1.82. The second kappa shape index (κ2) is 10.6. The van der Waals surface area contributed by atoms with Gasteiger partial charge < -0.3 is 20.3 Å². The van der Waals surface area contributed by atoms with Crippen molar-refractivity contribution in [1.82, 2.24) is 15.3 Å². The van der Waals surface area contributed by atoms with Crippen LogP contribution in [-0.4, -0.2) is 43.8 Å². The third-order valence-electron chi connectivity index (χ3n) is 5.32. The first-order valence-corrected chi connectivity index (χ1v) is 11.5. The first kappa shape index (κ1) is 22.3. The molecule has 0 radical (unpaired) electrons. The number of nitrogens with zero attached hydrogens (tertiary/aromatic N) is 3. The number of rotatable bonds is 8. The maximum atomic E-state index is 5.54. The van der Waals surface area contributed by atoms with E-state index in [0.29, 0.717) is 12.0 Å². The Bertz CT molecular complexity index is 810. The smallest absolute Gasteiger partial charge is 0.224 e. The molecule has 158 valence electrons. The minimum Gasteiger partial charge on any atom is -0.495 e. The fourth-order valence-electron chi connectivity index (χ4n) is 3.75. The molecule has 0 saturated heterocycles. The Balaban J connectivity index is 1.44. The number of nitrogens with one attached hydrogen (secondary N) is 2. The Kier molecular flexibility index (Phi) is 8.15. The molecule has 0 aliphatic heterocycles. The highest BCUT2D eigenvalue weighted by atomic mass is 79.9. The molecule has 29 heavy (non-hydrogen) atoms. The van der Waals surface area contributed by atoms with Gasteiger partial charge in [-0.05, 0) is 72.3 Å². The molecule has 0 unspecified atom stereocenters. The van der Waals surface area contributed by atoms with Crippen molar-refractivity contribution >= 4 is 43.6 Å². The van der Waals surface area contributed by atoms with Crippen molar-refractivity contribution in [2.45, 2.75) is 38.3 Å². The van der Waals surface area contributed by atoms with Gasteiger partial charge in [-0.2, -0.15) is 4.98 Å². The number of ether oxygens (including phenoxy) is 1. The van der Waals surface area contributed by atoms with Crippen LogP contribution in [0.5, 0.6) is 5.75 Å². The summed E-state index contributed by atoms with van der Waals surface area (Å²) < 4.78 is 7.56. The van der Waals surface area contributed by atoms with Gasteiger partial charge in [-0.1, -0.05) is 15.9 Å². The van der Waals surface area contributed by atoms with Crippen LogP contribution >= 0.6 is 31.9 Å². The van der Waals surface area contributed by atoms with E-state index in [0.717, 1.165) is 58.0 Å². The molecule has 1 aromatic carbocycles. The molecule has 1 aliphatic rings. The summed E-state index contributed by atoms with van der Waals surface area (Å²) >= 11 is 7.13. The minimum atomic E-state index is 0.449. The molecule has 1 heterocycles. The van der Waals surface area contributed by atoms with Crippen LogP contribution in [0, 0.1) is 5.92 Å². The summed E-state index contributed by atoms with van der Waals surface area (Å²) in [5.74, 6) is 3.25. The summed E-state index contributed by atoms with van der Waals surface area (Å²) in [6.07, 6.45) is 6.52. The second-order valence-electron chi connectivity index (χ2n) is 7.71. The van der Waals surface area contributed by atoms with E-state index >= 15 is 0 Å². The first-order valence-electron chi connectivity index (χ1n) is 9.95. The van der Waals surface area contributed by atoms with E-state index in [-0.39, 0.29) is 0 Å². The molecule has 1 aliphatic carbocycles. The van der Waals surface area contributed by atoms with Crippen LogP contribution in [0.1, 0.15) is 31.2 Å². The van der Waals surface area contributed by atoms with Crippen LogP contribution in [0.15, 0.2) is 33.3 Å². The summed E-state index contributed by atoms with van der Waals surface area (Å²) in [4.78, 5) is 10.9. The van der Waals surface area contributed by atoms with Crippen LogP contribution in [-0.2, 0) is 6.54 Å². The number of aromatic nitrogens is 2. The minimum absolute atomic E-state index is 0.449. The largest absolute Gasteiger partial charge is 0.495 e. The second-order valence-corrected chi connectivity index (χ2v) is 9.48. The molecule has 1 saturated carbocycles. The Morgan fingerprint density at radius 2 is 1.93 bits per heavy atom. The fourth-order valence-corrected chi connectivity index (χ4v) is 5.22. The van der Waals surface area contributed by atoms with Crippen LogP contribution in [0.4, 0.5) is 11.8 Å². The normalized spacial score (nSPS) is 19.1. The number of halogens is 2. The molecule has 1 aromatic heterocycles. The zero-order valence-corrected chi connectivity index (χ0v) is 20.4. The molecular formula is C21H29Br2N5O. The number of hydrogen-bond donors (Lipinski definition) is 2. The SMILES string of the molecule is COc1c(Br)cc(Br)cc1CNCC1CCC(Nc2nccc(N(C)C)n2)CC1. The molecule has 1 fully saturated rings. The van der Waals surface area contributed by atoms with E-state index in [1.165, 1.54) is 12.8 Å². The van der Waals surface area contributed by atoms with E-state index in [4.69, 9.17) is 4.74 Å². The van der Waals surface area contributed by atoms with E-state index in [2.05, 4.69) is 58.5 Å². The quantitative estimate of drug-likeness (QED) is 0.513. The van der Waals surface area contributed by atoms with Crippen molar-refractivity contribution in [3.8, 4) is 5.75 Å². The van der Waals surface area contributed by atoms with Crippen molar-refractivity contribution < 1.29 is 4.74 Å². The topological polar surface area (TPSA) is 62.3 Å². The number of anilines is 2. The van der Waals surface area contributed by atoms with Crippen molar-refractivity contribution in [1.29, 1.82) is 0 Å². The van der Waals surface area contributed by atoms with Gasteiger partial charge in [-0.15, -0.1) is 0 Å². The molecule has 2 aromatic rings. The Morgan fingerprint density at radius 3 is 2.62 bits per heavy atom. The van der Waals surface area contributed by atoms with Gasteiger partial charge in [0.05, 0.1) is 11.6 Å². The molecule has 2 N–H and O–H groups in total. The van der Waals surface area contributed by atoms with Crippen molar-refractivity contribution in [2.24, 2.45) is 5.92 Å². The molecular weight excluding hydrogens is 498 g/mol. The Morgan fingerprint density at radius 1 is 1.17 bits per heavy atom. The molecule has 0 atom stereocenters. The van der Waals surface area contributed by atoms with Crippen LogP contribution in [0.2, 0.25) is 0 Å². The predicted molar refractivity (Wildman–Crippen MR) is 126 cm³/mol. The maximum absolute atomic E-state index is 5.54. The lowest BCUT2D eigenvalue weighted by Crippen LogP contribution is -2.31. The summed E-state index contributed by atoms with van der Waals surface area (Å²) in [5.41, 5.74) is 1.15. The third-order valence-corrected chi connectivity index (χ3v) is 6.36. The van der Waals surface area contributed by atoms with Crippen molar-refractivity contribution in [3.63, 3.8) is 0 Å². The van der Waals surface area contributed by atoms with Gasteiger partial charge >= 0.3 is 0 Å². The van der Waals surface area contributed by atoms with Gasteiger partial charge in [0, 0.05) is 42.9 Å². The van der Waals surface area contributed by atoms with Gasteiger partial charge in [-0.3, -0.25) is 0 Å². The molecule has 0 amide bonds. The van der Waals surface area contributed by atoms with Gasteiger partial charge in [0.15, 0.2) is 0 Å². The third kappa shape index (κ3) is 6.30. The lowest BCUT2D eigenvalue weighted by Gasteiger charge is -2.29. The highest BCUT2D eigenvalue weighted by Crippen LogP contribution is 2.33. The van der Waals surface area contributed by atoms with Gasteiger partial charge in [0.2, 0.25) is 5.95 Å². The highest BCUT2D eigenvalue weighted by molar-refractivity contribution is 9.11. The van der Waals surface area contributed by atoms with Crippen LogP contribution in [0.25, 0.3) is 0 Å². The van der Waals surface area contributed by atoms with Gasteiger partial charge in [0.25, 0.3) is 0 Å². The molecule has 8 heteroatoms. The zero-order chi connectivity index (χ0) is 20.8. The van der Waals surface area contributed by atoms with Gasteiger partial charge in [-0.25, -0.2) is 4.98 Å². The monoisotopic (exact) mass is 525 g/mol. The lowest BCUT2D eigenvalue weighted by atomic mass is 9.86. The molecule has 0 spiro atoms. The van der Waals surface area contributed by atoms with Gasteiger partial charge in [0.1, 0.15) is 11.6 Å². The maximum Gasteiger partial charge on any atom is 0.224 e. The highest BCUT2D eigenvalue weighted by Gasteiger charge is 2.22. The standard InChI is InChI=1S/C21H29Br2N5O/c1-28(2)19-8-9-25-21(27-19)26-17-6-4-14(5-7-17)12-24-13-15-10-16(22)11-18(23)20(15)29-3/h8-11,14,17,24H,4-7,12-13H2,1-3H3,(H,25,26,27). The average Bonchev–Trinajstić information content (AvgIpc) is 2.69. The molecule has 3 rings (SSSR count). The van der Waals surface area contributed by atoms with Crippen molar-refractivity contribution in [3.05, 3.63) is 38.9 Å². The number of benzene rings is 1. The molecule has 6 nitrogen and oxygen atoms in total. The fraction of sp³-hybridized carbons (Fsp3) is 0.524. The van der Waals surface area contributed by atoms with Crippen molar-refractivity contribution in [2.75, 3.05) is 38.0 Å². The lowest BCUT2D eigenvalue weighted by molar-refractivity contribution is 0.322. The molecule has 0 bridgehead atoms. The van der Waals surface area contributed by atoms with Crippen LogP contribution in [0.3, 0.4) is 0 Å². The summed E-state index contributed by atoms with van der Waals surface area (Å²) in [7, 11) is 5.70. The van der Waals surface area contributed by atoms with E-state index in [1.54, 1.807) is 7.11 Å². The first-order chi connectivity index (χ1) is 14.0. The van der Waals surface area contributed by atoms with E-state index in [9.17, 15) is 0 Å².